The molecule has 0 bridgehead atoms. The van der Waals surface area contributed by atoms with Crippen molar-refractivity contribution < 1.29 is 14.2 Å². The molecule has 0 spiro atoms. The molecule has 0 aliphatic carbocycles. The number of methoxy groups -OCH3 is 1. The maximum absolute atomic E-state index is 13.8. The predicted octanol–water partition coefficient (Wildman–Crippen LogP) is 1.16. The minimum Gasteiger partial charge on any atom is -0.493 e. The maximum Gasteiger partial charge on any atom is 0.165 e. The van der Waals surface area contributed by atoms with Crippen LogP contribution in [0, 0.1) is 5.82 Å². The SMILES string of the molecule is COc1c(F)cccc1[C@@H](CCO)N1CCNCC1. The van der Waals surface area contributed by atoms with Crippen LogP contribution in [0.15, 0.2) is 18.2 Å². The molecule has 1 atom stereocenters. The standard InChI is InChI=1S/C14H21FN2O2/c1-19-14-11(3-2-4-12(14)15)13(5-10-18)17-8-6-16-7-9-17/h2-4,13,16,18H,5-10H2,1H3/t13-/m1/s1. The van der Waals surface area contributed by atoms with Gasteiger partial charge in [0.05, 0.1) is 7.11 Å². The summed E-state index contributed by atoms with van der Waals surface area (Å²) in [6, 6.07) is 4.97. The molecule has 106 valence electrons. The van der Waals surface area contributed by atoms with Gasteiger partial charge in [-0.15, -0.1) is 0 Å². The fourth-order valence-corrected chi connectivity index (χ4v) is 2.65. The summed E-state index contributed by atoms with van der Waals surface area (Å²) in [4.78, 5) is 2.27. The van der Waals surface area contributed by atoms with Gasteiger partial charge >= 0.3 is 0 Å². The molecule has 0 aromatic heterocycles. The van der Waals surface area contributed by atoms with Crippen LogP contribution in [0.1, 0.15) is 18.0 Å². The zero-order chi connectivity index (χ0) is 13.7. The van der Waals surface area contributed by atoms with E-state index in [9.17, 15) is 9.50 Å². The molecule has 2 rings (SSSR count). The first-order valence-electron chi connectivity index (χ1n) is 6.66. The summed E-state index contributed by atoms with van der Waals surface area (Å²) in [5.74, 6) is -0.0578. The van der Waals surface area contributed by atoms with Crippen LogP contribution >= 0.6 is 0 Å². The van der Waals surface area contributed by atoms with Crippen LogP contribution in [0.25, 0.3) is 0 Å². The Labute approximate surface area is 113 Å². The molecule has 1 saturated heterocycles. The average Bonchev–Trinajstić information content (AvgIpc) is 2.45. The van der Waals surface area contributed by atoms with Crippen molar-refractivity contribution in [2.75, 3.05) is 39.9 Å². The normalized spacial score (nSPS) is 18.3. The summed E-state index contributed by atoms with van der Waals surface area (Å²) in [5.41, 5.74) is 0.818. The van der Waals surface area contributed by atoms with Crippen LogP contribution in [0.5, 0.6) is 5.75 Å². The van der Waals surface area contributed by atoms with Gasteiger partial charge in [0.1, 0.15) is 0 Å². The summed E-state index contributed by atoms with van der Waals surface area (Å²) < 4.78 is 19.0. The zero-order valence-electron chi connectivity index (χ0n) is 11.2. The van der Waals surface area contributed by atoms with Crippen LogP contribution in [0.4, 0.5) is 4.39 Å². The van der Waals surface area contributed by atoms with E-state index in [0.29, 0.717) is 12.2 Å². The van der Waals surface area contributed by atoms with Crippen LogP contribution in [-0.2, 0) is 0 Å². The Kier molecular flexibility index (Phi) is 5.13. The van der Waals surface area contributed by atoms with Gasteiger partial charge in [-0.3, -0.25) is 4.90 Å². The van der Waals surface area contributed by atoms with Gasteiger partial charge in [0.2, 0.25) is 0 Å². The van der Waals surface area contributed by atoms with E-state index in [1.54, 1.807) is 6.07 Å². The molecule has 0 saturated carbocycles. The average molecular weight is 268 g/mol. The largest absolute Gasteiger partial charge is 0.493 e. The summed E-state index contributed by atoms with van der Waals surface area (Å²) in [6.45, 7) is 3.70. The molecule has 1 aliphatic heterocycles. The molecule has 5 heteroatoms. The molecule has 0 amide bonds. The third-order valence-corrected chi connectivity index (χ3v) is 3.56. The number of rotatable bonds is 5. The lowest BCUT2D eigenvalue weighted by atomic mass is 10.00. The number of nitrogens with zero attached hydrogens (tertiary/aromatic N) is 1. The van der Waals surface area contributed by atoms with E-state index in [2.05, 4.69) is 10.2 Å². The molecule has 1 aliphatic rings. The number of halogens is 1. The van der Waals surface area contributed by atoms with Crippen LogP contribution in [0.2, 0.25) is 0 Å². The zero-order valence-corrected chi connectivity index (χ0v) is 11.2. The van der Waals surface area contributed by atoms with E-state index in [1.165, 1.54) is 13.2 Å². The lowest BCUT2D eigenvalue weighted by Gasteiger charge is -2.35. The number of para-hydroxylation sites is 1. The fraction of sp³-hybridized carbons (Fsp3) is 0.571. The molecule has 1 aromatic rings. The van der Waals surface area contributed by atoms with E-state index in [4.69, 9.17) is 4.74 Å². The second-order valence-electron chi connectivity index (χ2n) is 4.68. The van der Waals surface area contributed by atoms with Crippen LogP contribution < -0.4 is 10.1 Å². The lowest BCUT2D eigenvalue weighted by Crippen LogP contribution is -2.45. The summed E-state index contributed by atoms with van der Waals surface area (Å²) in [6.07, 6.45) is 0.583. The van der Waals surface area contributed by atoms with Crippen molar-refractivity contribution in [3.8, 4) is 5.75 Å². The smallest absolute Gasteiger partial charge is 0.165 e. The van der Waals surface area contributed by atoms with Gasteiger partial charge in [0.25, 0.3) is 0 Å². The Hall–Kier alpha value is -1.17. The van der Waals surface area contributed by atoms with Gasteiger partial charge < -0.3 is 15.2 Å². The monoisotopic (exact) mass is 268 g/mol. The first kappa shape index (κ1) is 14.2. The highest BCUT2D eigenvalue weighted by Crippen LogP contribution is 2.33. The Balaban J connectivity index is 2.29. The molecular formula is C14H21FN2O2. The van der Waals surface area contributed by atoms with Crippen molar-refractivity contribution in [2.45, 2.75) is 12.5 Å². The fourth-order valence-electron chi connectivity index (χ4n) is 2.65. The Morgan fingerprint density at radius 2 is 2.16 bits per heavy atom. The molecule has 4 nitrogen and oxygen atoms in total. The number of piperazine rings is 1. The second kappa shape index (κ2) is 6.84. The van der Waals surface area contributed by atoms with Crippen molar-refractivity contribution in [3.63, 3.8) is 0 Å². The van der Waals surface area contributed by atoms with Gasteiger partial charge in [-0.2, -0.15) is 0 Å². The molecule has 0 radical (unpaired) electrons. The third-order valence-electron chi connectivity index (χ3n) is 3.56. The number of ether oxygens (including phenoxy) is 1. The highest BCUT2D eigenvalue weighted by atomic mass is 19.1. The predicted molar refractivity (Wildman–Crippen MR) is 71.8 cm³/mol. The first-order chi connectivity index (χ1) is 9.27. The van der Waals surface area contributed by atoms with E-state index in [0.717, 1.165) is 31.7 Å². The highest BCUT2D eigenvalue weighted by molar-refractivity contribution is 5.37. The Bertz CT molecular complexity index is 408. The van der Waals surface area contributed by atoms with Gasteiger partial charge in [-0.25, -0.2) is 4.39 Å². The van der Waals surface area contributed by atoms with Crippen molar-refractivity contribution in [2.24, 2.45) is 0 Å². The second-order valence-corrected chi connectivity index (χ2v) is 4.68. The van der Waals surface area contributed by atoms with E-state index < -0.39 is 0 Å². The Morgan fingerprint density at radius 3 is 2.79 bits per heavy atom. The van der Waals surface area contributed by atoms with Crippen molar-refractivity contribution in [1.29, 1.82) is 0 Å². The summed E-state index contributed by atoms with van der Waals surface area (Å²) in [7, 11) is 1.48. The van der Waals surface area contributed by atoms with Gasteiger partial charge in [0.15, 0.2) is 11.6 Å². The number of hydrogen-bond donors (Lipinski definition) is 2. The molecule has 0 unspecified atom stereocenters. The molecule has 1 heterocycles. The molecule has 2 N–H and O–H groups in total. The Morgan fingerprint density at radius 1 is 1.42 bits per heavy atom. The molecular weight excluding hydrogens is 247 g/mol. The van der Waals surface area contributed by atoms with Gasteiger partial charge in [-0.1, -0.05) is 12.1 Å². The topological polar surface area (TPSA) is 44.7 Å². The van der Waals surface area contributed by atoms with Crippen molar-refractivity contribution >= 4 is 0 Å². The number of hydrogen-bond acceptors (Lipinski definition) is 4. The van der Waals surface area contributed by atoms with E-state index in [-0.39, 0.29) is 18.5 Å². The highest BCUT2D eigenvalue weighted by Gasteiger charge is 2.25. The van der Waals surface area contributed by atoms with Crippen molar-refractivity contribution in [1.82, 2.24) is 10.2 Å². The third kappa shape index (κ3) is 3.23. The van der Waals surface area contributed by atoms with Gasteiger partial charge in [0, 0.05) is 44.4 Å². The molecule has 1 aromatic carbocycles. The number of nitrogens with one attached hydrogen (secondary N) is 1. The molecule has 1 fully saturated rings. The summed E-state index contributed by atoms with van der Waals surface area (Å²) >= 11 is 0. The minimum absolute atomic E-state index is 0.00208. The number of aliphatic hydroxyl groups excluding tert-OH is 1. The van der Waals surface area contributed by atoms with Crippen LogP contribution in [-0.4, -0.2) is 49.9 Å². The number of aliphatic hydroxyl groups is 1. The summed E-state index contributed by atoms with van der Waals surface area (Å²) in [5, 5.41) is 12.6. The molecule has 19 heavy (non-hydrogen) atoms. The number of benzene rings is 1. The van der Waals surface area contributed by atoms with E-state index in [1.807, 2.05) is 6.07 Å². The van der Waals surface area contributed by atoms with Gasteiger partial charge in [-0.05, 0) is 12.5 Å². The van der Waals surface area contributed by atoms with E-state index >= 15 is 0 Å². The maximum atomic E-state index is 13.8. The first-order valence-corrected chi connectivity index (χ1v) is 6.66. The quantitative estimate of drug-likeness (QED) is 0.841. The van der Waals surface area contributed by atoms with Crippen molar-refractivity contribution in [3.05, 3.63) is 29.6 Å². The minimum atomic E-state index is -0.349. The lowest BCUT2D eigenvalue weighted by molar-refractivity contribution is 0.138. The van der Waals surface area contributed by atoms with Crippen LogP contribution in [0.3, 0.4) is 0 Å².